The Hall–Kier alpha value is -4.93. The Morgan fingerprint density at radius 3 is 1.79 bits per heavy atom. The highest BCUT2D eigenvalue weighted by molar-refractivity contribution is 5.86. The summed E-state index contributed by atoms with van der Waals surface area (Å²) in [6, 6.07) is 12.8. The van der Waals surface area contributed by atoms with Crippen LogP contribution in [-0.4, -0.2) is 59.8 Å². The molecule has 1 aliphatic rings. The van der Waals surface area contributed by atoms with E-state index in [9.17, 15) is 50.1 Å². The third-order valence-electron chi connectivity index (χ3n) is 6.76. The number of aliphatic carboxylic acids is 2. The van der Waals surface area contributed by atoms with Crippen LogP contribution < -0.4 is 0 Å². The van der Waals surface area contributed by atoms with Gasteiger partial charge in [-0.25, -0.2) is 4.79 Å². The van der Waals surface area contributed by atoms with E-state index in [1.54, 1.807) is 0 Å². The van der Waals surface area contributed by atoms with Gasteiger partial charge in [-0.1, -0.05) is 24.3 Å². The molecule has 5 atom stereocenters. The van der Waals surface area contributed by atoms with Crippen LogP contribution in [0.15, 0.2) is 60.7 Å². The van der Waals surface area contributed by atoms with Gasteiger partial charge >= 0.3 is 17.9 Å². The van der Waals surface area contributed by atoms with Crippen molar-refractivity contribution >= 4 is 17.9 Å². The predicted molar refractivity (Wildman–Crippen MR) is 129 cm³/mol. The van der Waals surface area contributed by atoms with E-state index >= 15 is 0 Å². The fraction of sp³-hybridized carbons (Fsp3) is 0.222. The van der Waals surface area contributed by atoms with Crippen LogP contribution in [0.4, 0.5) is 0 Å². The molecule has 3 aromatic carbocycles. The number of carbonyl (C=O) groups is 3. The van der Waals surface area contributed by atoms with Gasteiger partial charge < -0.3 is 40.5 Å². The lowest BCUT2D eigenvalue weighted by molar-refractivity contribution is -0.175. The molecule has 0 aromatic heterocycles. The van der Waals surface area contributed by atoms with Gasteiger partial charge in [0.1, 0.15) is 5.75 Å². The number of hydrogen-bond donors (Lipinski definition) is 7. The number of ether oxygens (including phenoxy) is 1. The smallest absolute Gasteiger partial charge is 0.345 e. The van der Waals surface area contributed by atoms with Crippen molar-refractivity contribution in [1.82, 2.24) is 0 Å². The first-order chi connectivity index (χ1) is 18.0. The van der Waals surface area contributed by atoms with Gasteiger partial charge in [0.25, 0.3) is 0 Å². The molecule has 0 aliphatic heterocycles. The fourth-order valence-electron chi connectivity index (χ4n) is 4.93. The van der Waals surface area contributed by atoms with Crippen LogP contribution in [0.1, 0.15) is 28.5 Å². The quantitative estimate of drug-likeness (QED) is 0.169. The maximum Gasteiger partial charge on any atom is 0.345 e. The van der Waals surface area contributed by atoms with Crippen molar-refractivity contribution in [3.63, 3.8) is 0 Å². The van der Waals surface area contributed by atoms with E-state index in [2.05, 4.69) is 0 Å². The summed E-state index contributed by atoms with van der Waals surface area (Å²) in [7, 11) is 0. The molecular formula is C27H24O11. The van der Waals surface area contributed by atoms with Gasteiger partial charge in [0.15, 0.2) is 23.0 Å². The number of hydrogen-bond acceptors (Lipinski definition) is 9. The minimum atomic E-state index is -1.70. The Kier molecular flexibility index (Phi) is 7.02. The third kappa shape index (κ3) is 4.99. The first-order valence-corrected chi connectivity index (χ1v) is 11.5. The number of aromatic hydroxyl groups is 5. The van der Waals surface area contributed by atoms with Crippen molar-refractivity contribution in [2.24, 2.45) is 11.8 Å². The second-order valence-corrected chi connectivity index (χ2v) is 9.07. The number of carbonyl (C=O) groups excluding carboxylic acids is 1. The lowest BCUT2D eigenvalue weighted by atomic mass is 9.52. The Labute approximate surface area is 215 Å². The third-order valence-corrected chi connectivity index (χ3v) is 6.76. The molecule has 11 heteroatoms. The van der Waals surface area contributed by atoms with Gasteiger partial charge in [-0.05, 0) is 53.1 Å². The van der Waals surface area contributed by atoms with Crippen molar-refractivity contribution in [2.45, 2.75) is 24.4 Å². The van der Waals surface area contributed by atoms with Crippen molar-refractivity contribution < 1.29 is 54.9 Å². The molecule has 7 N–H and O–H groups in total. The molecule has 198 valence electrons. The SMILES string of the molecule is O=C(O)[C@@H]1[C@@H](c2ccc(O)cc2)[C@H](C(=O)O[C@H](Cc2ccc(O)c(O)c2)C(=O)O)[C@H]1c1ccc(O)c(O)c1. The van der Waals surface area contributed by atoms with E-state index in [-0.39, 0.29) is 23.3 Å². The van der Waals surface area contributed by atoms with Crippen LogP contribution in [-0.2, 0) is 25.5 Å². The molecule has 3 aromatic rings. The summed E-state index contributed by atoms with van der Waals surface area (Å²) in [6.45, 7) is 0. The van der Waals surface area contributed by atoms with Gasteiger partial charge in [0.05, 0.1) is 11.8 Å². The second kappa shape index (κ2) is 10.2. The van der Waals surface area contributed by atoms with Crippen LogP contribution in [0.2, 0.25) is 0 Å². The number of benzene rings is 3. The Bertz CT molecular complexity index is 1380. The van der Waals surface area contributed by atoms with Crippen LogP contribution in [0.25, 0.3) is 0 Å². The Morgan fingerprint density at radius 2 is 1.24 bits per heavy atom. The van der Waals surface area contributed by atoms with Crippen molar-refractivity contribution in [3.05, 3.63) is 77.4 Å². The molecular weight excluding hydrogens is 500 g/mol. The zero-order chi connectivity index (χ0) is 27.7. The van der Waals surface area contributed by atoms with Crippen molar-refractivity contribution in [2.75, 3.05) is 0 Å². The Balaban J connectivity index is 1.70. The highest BCUT2D eigenvalue weighted by Gasteiger charge is 2.59. The predicted octanol–water partition coefficient (Wildman–Crippen LogP) is 2.65. The number of carboxylic acids is 2. The van der Waals surface area contributed by atoms with Crippen LogP contribution in [0.3, 0.4) is 0 Å². The Morgan fingerprint density at radius 1 is 0.684 bits per heavy atom. The molecule has 0 radical (unpaired) electrons. The minimum Gasteiger partial charge on any atom is -0.508 e. The summed E-state index contributed by atoms with van der Waals surface area (Å²) in [5, 5.41) is 68.3. The second-order valence-electron chi connectivity index (χ2n) is 9.07. The van der Waals surface area contributed by atoms with Gasteiger partial charge in [0.2, 0.25) is 6.10 Å². The minimum absolute atomic E-state index is 0.0813. The van der Waals surface area contributed by atoms with Gasteiger partial charge in [0, 0.05) is 18.3 Å². The van der Waals surface area contributed by atoms with Crippen molar-refractivity contribution in [3.8, 4) is 28.7 Å². The zero-order valence-corrected chi connectivity index (χ0v) is 19.6. The average molecular weight is 524 g/mol. The van der Waals surface area contributed by atoms with Gasteiger partial charge in [-0.3, -0.25) is 9.59 Å². The number of phenols is 5. The topological polar surface area (TPSA) is 202 Å². The van der Waals surface area contributed by atoms with Crippen molar-refractivity contribution in [1.29, 1.82) is 0 Å². The molecule has 0 saturated heterocycles. The molecule has 0 heterocycles. The molecule has 1 aliphatic carbocycles. The van der Waals surface area contributed by atoms with E-state index in [4.69, 9.17) is 4.74 Å². The maximum absolute atomic E-state index is 13.5. The fourth-order valence-corrected chi connectivity index (χ4v) is 4.93. The largest absolute Gasteiger partial charge is 0.508 e. The maximum atomic E-state index is 13.5. The first-order valence-electron chi connectivity index (χ1n) is 11.5. The number of phenolic OH excluding ortho intramolecular Hbond substituents is 5. The highest BCUT2D eigenvalue weighted by Crippen LogP contribution is 2.58. The van der Waals surface area contributed by atoms with Crippen LogP contribution in [0, 0.1) is 11.8 Å². The van der Waals surface area contributed by atoms with Crippen LogP contribution in [0.5, 0.6) is 28.7 Å². The lowest BCUT2D eigenvalue weighted by Gasteiger charge is -2.49. The summed E-state index contributed by atoms with van der Waals surface area (Å²) in [5.74, 6) is -10.1. The first kappa shape index (κ1) is 26.1. The normalized spacial score (nSPS) is 21.2. The van der Waals surface area contributed by atoms with Crippen LogP contribution >= 0.6 is 0 Å². The average Bonchev–Trinajstić information content (AvgIpc) is 2.83. The van der Waals surface area contributed by atoms with Gasteiger partial charge in [-0.2, -0.15) is 0 Å². The van der Waals surface area contributed by atoms with E-state index in [0.717, 1.165) is 24.3 Å². The number of rotatable bonds is 8. The van der Waals surface area contributed by atoms with E-state index in [1.165, 1.54) is 36.4 Å². The number of esters is 1. The molecule has 0 amide bonds. The summed E-state index contributed by atoms with van der Waals surface area (Å²) in [4.78, 5) is 37.7. The summed E-state index contributed by atoms with van der Waals surface area (Å²) >= 11 is 0. The monoisotopic (exact) mass is 524 g/mol. The molecule has 0 unspecified atom stereocenters. The van der Waals surface area contributed by atoms with E-state index in [1.807, 2.05) is 0 Å². The molecule has 1 saturated carbocycles. The highest BCUT2D eigenvalue weighted by atomic mass is 16.6. The van der Waals surface area contributed by atoms with E-state index < -0.39 is 70.7 Å². The zero-order valence-electron chi connectivity index (χ0n) is 19.6. The molecule has 11 nitrogen and oxygen atoms in total. The van der Waals surface area contributed by atoms with E-state index in [0.29, 0.717) is 5.56 Å². The molecule has 0 bridgehead atoms. The molecule has 0 spiro atoms. The lowest BCUT2D eigenvalue weighted by Crippen LogP contribution is -2.52. The summed E-state index contributed by atoms with van der Waals surface area (Å²) in [5.41, 5.74) is 0.874. The summed E-state index contributed by atoms with van der Waals surface area (Å²) in [6.07, 6.45) is -2.05. The summed E-state index contributed by atoms with van der Waals surface area (Å²) < 4.78 is 5.36. The van der Waals surface area contributed by atoms with Gasteiger partial charge in [-0.15, -0.1) is 0 Å². The standard InChI is InChI=1S/C27H24O11/c28-15-5-2-13(3-6-15)21-23(26(35)36)22(14-4-8-17(30)19(32)11-14)24(21)27(37)38-20(25(33)34)10-12-1-7-16(29)18(31)9-12/h1-9,11,20-24,28-32H,10H2,(H,33,34)(H,35,36)/t20-,21-,22+,23-,24+/m1/s1. The molecule has 38 heavy (non-hydrogen) atoms. The number of carboxylic acid groups (broad SMARTS) is 2. The molecule has 1 fully saturated rings. The molecule has 4 rings (SSSR count).